The van der Waals surface area contributed by atoms with Gasteiger partial charge in [-0.2, -0.15) is 0 Å². The molecule has 0 fully saturated rings. The van der Waals surface area contributed by atoms with Crippen molar-refractivity contribution in [1.29, 1.82) is 0 Å². The summed E-state index contributed by atoms with van der Waals surface area (Å²) in [7, 11) is 0. The van der Waals surface area contributed by atoms with Crippen LogP contribution in [0.2, 0.25) is 0 Å². The first-order valence-corrected chi connectivity index (χ1v) is 11.9. The molecule has 4 heteroatoms. The number of aliphatic hydroxyl groups excluding tert-OH is 2. The molecule has 30 heavy (non-hydrogen) atoms. The molecule has 0 bridgehead atoms. The van der Waals surface area contributed by atoms with Crippen LogP contribution >= 0.6 is 0 Å². The molecule has 0 aliphatic rings. The lowest BCUT2D eigenvalue weighted by Gasteiger charge is -2.15. The molecule has 0 atom stereocenters. The summed E-state index contributed by atoms with van der Waals surface area (Å²) in [4.78, 5) is 0. The zero-order valence-corrected chi connectivity index (χ0v) is 18.5. The van der Waals surface area contributed by atoms with Crippen LogP contribution in [0.15, 0.2) is 36.4 Å². The van der Waals surface area contributed by atoms with Crippen LogP contribution in [0.25, 0.3) is 10.8 Å². The first-order chi connectivity index (χ1) is 14.9. The number of unbranched alkanes of at least 4 members (excludes halogenated alkanes) is 10. The first kappa shape index (κ1) is 24.5. The molecule has 0 amide bonds. The molecule has 0 aliphatic carbocycles. The highest BCUT2D eigenvalue weighted by atomic mass is 16.5. The van der Waals surface area contributed by atoms with E-state index in [4.69, 9.17) is 19.7 Å². The maximum absolute atomic E-state index is 8.84. The minimum atomic E-state index is 0.302. The summed E-state index contributed by atoms with van der Waals surface area (Å²) in [6.45, 7) is 2.02. The van der Waals surface area contributed by atoms with Crippen LogP contribution in [0.1, 0.15) is 77.0 Å². The molecule has 2 aromatic rings. The smallest absolute Gasteiger partial charge is 0.168 e. The zero-order chi connectivity index (χ0) is 21.3. The molecule has 0 heterocycles. The Balaban J connectivity index is 1.80. The fourth-order valence-corrected chi connectivity index (χ4v) is 3.68. The molecule has 0 saturated carbocycles. The topological polar surface area (TPSA) is 58.9 Å². The molecule has 0 aromatic heterocycles. The van der Waals surface area contributed by atoms with Crippen LogP contribution in [-0.2, 0) is 0 Å². The van der Waals surface area contributed by atoms with E-state index >= 15 is 0 Å². The van der Waals surface area contributed by atoms with Crippen LogP contribution in [0.4, 0.5) is 0 Å². The molecule has 2 aromatic carbocycles. The van der Waals surface area contributed by atoms with E-state index < -0.39 is 0 Å². The van der Waals surface area contributed by atoms with Gasteiger partial charge in [-0.05, 0) is 37.1 Å². The lowest BCUT2D eigenvalue weighted by Crippen LogP contribution is -2.03. The van der Waals surface area contributed by atoms with Crippen molar-refractivity contribution in [2.45, 2.75) is 77.0 Å². The standard InChI is InChI=1S/C26H40O4/c27-19-11-5-1-3-7-13-21-29-25-18-17-23-15-9-10-16-24(23)26(25)30-22-14-8-4-2-6-12-20-28/h9-10,15-18,27-28H,1-8,11-14,19-22H2. The van der Waals surface area contributed by atoms with Gasteiger partial charge in [0.1, 0.15) is 0 Å². The number of ether oxygens (including phenoxy) is 2. The fourth-order valence-electron chi connectivity index (χ4n) is 3.68. The van der Waals surface area contributed by atoms with Crippen molar-refractivity contribution in [2.75, 3.05) is 26.4 Å². The van der Waals surface area contributed by atoms with Gasteiger partial charge in [0.05, 0.1) is 13.2 Å². The number of benzene rings is 2. The summed E-state index contributed by atoms with van der Waals surface area (Å²) in [6.07, 6.45) is 13.2. The van der Waals surface area contributed by atoms with E-state index in [9.17, 15) is 0 Å². The van der Waals surface area contributed by atoms with Gasteiger partial charge in [0, 0.05) is 18.6 Å². The Bertz CT molecular complexity index is 686. The quantitative estimate of drug-likeness (QED) is 0.281. The number of rotatable bonds is 18. The Hall–Kier alpha value is -1.78. The summed E-state index contributed by atoms with van der Waals surface area (Å²) in [6, 6.07) is 12.5. The van der Waals surface area contributed by atoms with E-state index in [1.54, 1.807) is 0 Å². The second kappa shape index (κ2) is 16.0. The van der Waals surface area contributed by atoms with Crippen molar-refractivity contribution in [3.8, 4) is 11.5 Å². The van der Waals surface area contributed by atoms with Crippen LogP contribution < -0.4 is 9.47 Å². The molecule has 4 nitrogen and oxygen atoms in total. The Labute approximate surface area is 182 Å². The normalized spacial score (nSPS) is 11.1. The van der Waals surface area contributed by atoms with E-state index in [0.29, 0.717) is 26.4 Å². The highest BCUT2D eigenvalue weighted by Gasteiger charge is 2.10. The molecule has 0 radical (unpaired) electrons. The van der Waals surface area contributed by atoms with Crippen LogP contribution in [0, 0.1) is 0 Å². The van der Waals surface area contributed by atoms with Crippen molar-refractivity contribution in [3.63, 3.8) is 0 Å². The van der Waals surface area contributed by atoms with Gasteiger partial charge in [-0.15, -0.1) is 0 Å². The van der Waals surface area contributed by atoms with Crippen molar-refractivity contribution in [2.24, 2.45) is 0 Å². The zero-order valence-electron chi connectivity index (χ0n) is 18.5. The Kier molecular flexibility index (Phi) is 13.0. The summed E-state index contributed by atoms with van der Waals surface area (Å²) >= 11 is 0. The maximum atomic E-state index is 8.84. The fraction of sp³-hybridized carbons (Fsp3) is 0.615. The maximum Gasteiger partial charge on any atom is 0.168 e. The van der Waals surface area contributed by atoms with Gasteiger partial charge < -0.3 is 19.7 Å². The average Bonchev–Trinajstić information content (AvgIpc) is 2.78. The first-order valence-electron chi connectivity index (χ1n) is 11.9. The molecular formula is C26H40O4. The number of fused-ring (bicyclic) bond motifs is 1. The highest BCUT2D eigenvalue weighted by Crippen LogP contribution is 2.36. The van der Waals surface area contributed by atoms with Crippen molar-refractivity contribution in [3.05, 3.63) is 36.4 Å². The molecule has 0 spiro atoms. The van der Waals surface area contributed by atoms with Crippen LogP contribution in [0.5, 0.6) is 11.5 Å². The van der Waals surface area contributed by atoms with Gasteiger partial charge in [0.15, 0.2) is 11.5 Å². The van der Waals surface area contributed by atoms with Crippen molar-refractivity contribution < 1.29 is 19.7 Å². The number of aliphatic hydroxyl groups is 2. The third kappa shape index (κ3) is 9.36. The van der Waals surface area contributed by atoms with Gasteiger partial charge in [-0.3, -0.25) is 0 Å². The van der Waals surface area contributed by atoms with Crippen LogP contribution in [-0.4, -0.2) is 36.6 Å². The molecule has 0 aliphatic heterocycles. The van der Waals surface area contributed by atoms with Crippen molar-refractivity contribution in [1.82, 2.24) is 0 Å². The molecule has 0 saturated heterocycles. The Morgan fingerprint density at radius 2 is 1.07 bits per heavy atom. The monoisotopic (exact) mass is 416 g/mol. The summed E-state index contributed by atoms with van der Waals surface area (Å²) in [5.41, 5.74) is 0. The predicted octanol–water partition coefficient (Wildman–Crippen LogP) is 6.26. The lowest BCUT2D eigenvalue weighted by atomic mass is 10.1. The molecule has 0 unspecified atom stereocenters. The second-order valence-electron chi connectivity index (χ2n) is 8.00. The molecule has 2 N–H and O–H groups in total. The minimum absolute atomic E-state index is 0.302. The SMILES string of the molecule is OCCCCCCCCOc1ccc2ccccc2c1OCCCCCCCCO. The van der Waals surface area contributed by atoms with Gasteiger partial charge >= 0.3 is 0 Å². The van der Waals surface area contributed by atoms with Gasteiger partial charge in [0.25, 0.3) is 0 Å². The molecule has 168 valence electrons. The molecular weight excluding hydrogens is 376 g/mol. The largest absolute Gasteiger partial charge is 0.490 e. The summed E-state index contributed by atoms with van der Waals surface area (Å²) in [5.74, 6) is 1.72. The van der Waals surface area contributed by atoms with E-state index in [0.717, 1.165) is 68.3 Å². The third-order valence-electron chi connectivity index (χ3n) is 5.45. The van der Waals surface area contributed by atoms with E-state index in [2.05, 4.69) is 24.3 Å². The van der Waals surface area contributed by atoms with E-state index in [-0.39, 0.29) is 0 Å². The summed E-state index contributed by atoms with van der Waals surface area (Å²) in [5, 5.41) is 20.0. The highest BCUT2D eigenvalue weighted by molar-refractivity contribution is 5.90. The van der Waals surface area contributed by atoms with Crippen LogP contribution in [0.3, 0.4) is 0 Å². The van der Waals surface area contributed by atoms with E-state index in [1.807, 2.05) is 12.1 Å². The predicted molar refractivity (Wildman–Crippen MR) is 125 cm³/mol. The lowest BCUT2D eigenvalue weighted by molar-refractivity contribution is 0.259. The third-order valence-corrected chi connectivity index (χ3v) is 5.45. The Morgan fingerprint density at radius 3 is 1.70 bits per heavy atom. The van der Waals surface area contributed by atoms with E-state index in [1.165, 1.54) is 31.1 Å². The molecule has 2 rings (SSSR count). The van der Waals surface area contributed by atoms with Gasteiger partial charge in [0.2, 0.25) is 0 Å². The van der Waals surface area contributed by atoms with Crippen molar-refractivity contribution >= 4 is 10.8 Å². The number of hydrogen-bond donors (Lipinski definition) is 2. The second-order valence-corrected chi connectivity index (χ2v) is 8.00. The minimum Gasteiger partial charge on any atom is -0.490 e. The van der Waals surface area contributed by atoms with Gasteiger partial charge in [-0.1, -0.05) is 81.7 Å². The average molecular weight is 417 g/mol. The Morgan fingerprint density at radius 1 is 0.533 bits per heavy atom. The van der Waals surface area contributed by atoms with Gasteiger partial charge in [-0.25, -0.2) is 0 Å². The summed E-state index contributed by atoms with van der Waals surface area (Å²) < 4.78 is 12.3. The number of hydrogen-bond acceptors (Lipinski definition) is 4.